The topological polar surface area (TPSA) is 89.9 Å². The van der Waals surface area contributed by atoms with Crippen LogP contribution in [0.3, 0.4) is 0 Å². The van der Waals surface area contributed by atoms with E-state index in [0.29, 0.717) is 11.8 Å². The molecule has 104 valence electrons. The van der Waals surface area contributed by atoms with Crippen LogP contribution in [-0.4, -0.2) is 63.9 Å². The number of carboxylic acid groups (broad SMARTS) is 1. The van der Waals surface area contributed by atoms with Crippen LogP contribution in [0, 0.1) is 0 Å². The molecule has 0 saturated carbocycles. The summed E-state index contributed by atoms with van der Waals surface area (Å²) in [7, 11) is 0. The second kappa shape index (κ2) is 7.48. The molecular formula is C11H20N2O4S. The molecule has 3 N–H and O–H groups in total. The first-order valence-electron chi connectivity index (χ1n) is 6.09. The van der Waals surface area contributed by atoms with E-state index in [1.807, 2.05) is 11.8 Å². The highest BCUT2D eigenvalue weighted by atomic mass is 32.2. The van der Waals surface area contributed by atoms with Gasteiger partial charge in [0.15, 0.2) is 6.10 Å². The molecule has 0 spiro atoms. The van der Waals surface area contributed by atoms with Gasteiger partial charge in [-0.2, -0.15) is 11.8 Å². The minimum Gasteiger partial charge on any atom is -0.479 e. The molecule has 0 bridgehead atoms. The van der Waals surface area contributed by atoms with Gasteiger partial charge in [0.2, 0.25) is 0 Å². The summed E-state index contributed by atoms with van der Waals surface area (Å²) in [5.41, 5.74) is 0. The van der Waals surface area contributed by atoms with Crippen molar-refractivity contribution in [1.82, 2.24) is 10.2 Å². The van der Waals surface area contributed by atoms with Crippen LogP contribution in [0.25, 0.3) is 0 Å². The maximum absolute atomic E-state index is 11.8. The van der Waals surface area contributed by atoms with E-state index >= 15 is 0 Å². The molecule has 0 radical (unpaired) electrons. The fourth-order valence-corrected chi connectivity index (χ4v) is 2.88. The first kappa shape index (κ1) is 15.1. The number of aliphatic carboxylic acids is 1. The molecule has 0 aliphatic carbocycles. The summed E-state index contributed by atoms with van der Waals surface area (Å²) in [6.45, 7) is 3.72. The Balaban J connectivity index is 2.26. The highest BCUT2D eigenvalue weighted by Crippen LogP contribution is 2.20. The summed E-state index contributed by atoms with van der Waals surface area (Å²) in [4.78, 5) is 23.9. The van der Waals surface area contributed by atoms with Crippen molar-refractivity contribution in [3.8, 4) is 0 Å². The second-order valence-corrected chi connectivity index (χ2v) is 5.63. The lowest BCUT2D eigenvalue weighted by atomic mass is 10.2. The van der Waals surface area contributed by atoms with Crippen LogP contribution in [0.4, 0.5) is 4.79 Å². The van der Waals surface area contributed by atoms with Gasteiger partial charge in [0.25, 0.3) is 0 Å². The van der Waals surface area contributed by atoms with Gasteiger partial charge in [-0.05, 0) is 6.42 Å². The summed E-state index contributed by atoms with van der Waals surface area (Å²) in [5.74, 6) is -0.325. The molecule has 1 aliphatic heterocycles. The van der Waals surface area contributed by atoms with Gasteiger partial charge >= 0.3 is 12.0 Å². The van der Waals surface area contributed by atoms with Gasteiger partial charge in [0.05, 0.1) is 0 Å². The van der Waals surface area contributed by atoms with Crippen LogP contribution in [-0.2, 0) is 4.79 Å². The van der Waals surface area contributed by atoms with Crippen molar-refractivity contribution in [2.45, 2.75) is 31.1 Å². The van der Waals surface area contributed by atoms with Crippen LogP contribution in [0.5, 0.6) is 0 Å². The van der Waals surface area contributed by atoms with Crippen molar-refractivity contribution >= 4 is 23.8 Å². The zero-order valence-electron chi connectivity index (χ0n) is 10.5. The SMILES string of the molecule is CCC1CN(C(=O)NCCC(O)C(=O)O)CCS1. The van der Waals surface area contributed by atoms with Gasteiger partial charge in [-0.15, -0.1) is 0 Å². The molecule has 0 aromatic rings. The third kappa shape index (κ3) is 4.73. The first-order valence-corrected chi connectivity index (χ1v) is 7.14. The standard InChI is InChI=1S/C11H20N2O4S/c1-2-8-7-13(5-6-18-8)11(17)12-4-3-9(14)10(15)16/h8-9,14H,2-7H2,1H3,(H,12,17)(H,15,16). The molecule has 18 heavy (non-hydrogen) atoms. The van der Waals surface area contributed by atoms with E-state index < -0.39 is 12.1 Å². The van der Waals surface area contributed by atoms with Gasteiger partial charge in [-0.25, -0.2) is 9.59 Å². The third-order valence-electron chi connectivity index (χ3n) is 2.86. The molecule has 1 fully saturated rings. The Morgan fingerprint density at radius 2 is 2.28 bits per heavy atom. The Kier molecular flexibility index (Phi) is 6.28. The van der Waals surface area contributed by atoms with Gasteiger partial charge in [0, 0.05) is 37.1 Å². The predicted molar refractivity (Wildman–Crippen MR) is 69.8 cm³/mol. The average molecular weight is 276 g/mol. The molecular weight excluding hydrogens is 256 g/mol. The molecule has 2 unspecified atom stereocenters. The average Bonchev–Trinajstić information content (AvgIpc) is 2.38. The number of rotatable bonds is 5. The van der Waals surface area contributed by atoms with Crippen molar-refractivity contribution < 1.29 is 19.8 Å². The van der Waals surface area contributed by atoms with Gasteiger partial charge in [-0.1, -0.05) is 6.92 Å². The highest BCUT2D eigenvalue weighted by Gasteiger charge is 2.23. The van der Waals surface area contributed by atoms with E-state index in [2.05, 4.69) is 12.2 Å². The van der Waals surface area contributed by atoms with Crippen molar-refractivity contribution in [2.24, 2.45) is 0 Å². The van der Waals surface area contributed by atoms with Crippen LogP contribution in [0.2, 0.25) is 0 Å². The number of thioether (sulfide) groups is 1. The molecule has 1 saturated heterocycles. The first-order chi connectivity index (χ1) is 8.54. The molecule has 1 rings (SSSR count). The summed E-state index contributed by atoms with van der Waals surface area (Å²) >= 11 is 1.88. The smallest absolute Gasteiger partial charge is 0.332 e. The van der Waals surface area contributed by atoms with Gasteiger partial charge in [0.1, 0.15) is 0 Å². The quantitative estimate of drug-likeness (QED) is 0.674. The fraction of sp³-hybridized carbons (Fsp3) is 0.818. The van der Waals surface area contributed by atoms with E-state index in [-0.39, 0.29) is 19.0 Å². The monoisotopic (exact) mass is 276 g/mol. The lowest BCUT2D eigenvalue weighted by Crippen LogP contribution is -2.47. The summed E-state index contributed by atoms with van der Waals surface area (Å²) < 4.78 is 0. The van der Waals surface area contributed by atoms with Gasteiger partial charge < -0.3 is 20.4 Å². The Bertz CT molecular complexity index is 301. The van der Waals surface area contributed by atoms with Crippen molar-refractivity contribution in [1.29, 1.82) is 0 Å². The number of urea groups is 1. The molecule has 6 nitrogen and oxygen atoms in total. The number of carbonyl (C=O) groups is 2. The number of nitrogens with zero attached hydrogens (tertiary/aromatic N) is 1. The molecule has 2 amide bonds. The van der Waals surface area contributed by atoms with Crippen LogP contribution in [0.15, 0.2) is 0 Å². The highest BCUT2D eigenvalue weighted by molar-refractivity contribution is 8.00. The minimum absolute atomic E-state index is 0.0286. The molecule has 1 aliphatic rings. The number of amides is 2. The van der Waals surface area contributed by atoms with E-state index in [9.17, 15) is 9.59 Å². The molecule has 0 aromatic heterocycles. The minimum atomic E-state index is -1.41. The Hall–Kier alpha value is -0.950. The lowest BCUT2D eigenvalue weighted by Gasteiger charge is -2.31. The van der Waals surface area contributed by atoms with Crippen LogP contribution < -0.4 is 5.32 Å². The molecule has 2 atom stereocenters. The van der Waals surface area contributed by atoms with E-state index in [1.54, 1.807) is 4.90 Å². The summed E-state index contributed by atoms with van der Waals surface area (Å²) in [6.07, 6.45) is -0.349. The number of hydrogen-bond acceptors (Lipinski definition) is 4. The van der Waals surface area contributed by atoms with Crippen molar-refractivity contribution in [3.05, 3.63) is 0 Å². The maximum Gasteiger partial charge on any atom is 0.332 e. The van der Waals surface area contributed by atoms with E-state index in [4.69, 9.17) is 10.2 Å². The lowest BCUT2D eigenvalue weighted by molar-refractivity contribution is -0.146. The Morgan fingerprint density at radius 3 is 2.89 bits per heavy atom. The maximum atomic E-state index is 11.8. The zero-order chi connectivity index (χ0) is 13.5. The van der Waals surface area contributed by atoms with E-state index in [1.165, 1.54) is 0 Å². The van der Waals surface area contributed by atoms with Crippen LogP contribution >= 0.6 is 11.8 Å². The van der Waals surface area contributed by atoms with Crippen molar-refractivity contribution in [2.75, 3.05) is 25.4 Å². The number of carboxylic acids is 1. The second-order valence-electron chi connectivity index (χ2n) is 4.22. The zero-order valence-corrected chi connectivity index (χ0v) is 11.3. The van der Waals surface area contributed by atoms with Crippen LogP contribution in [0.1, 0.15) is 19.8 Å². The van der Waals surface area contributed by atoms with Crippen molar-refractivity contribution in [3.63, 3.8) is 0 Å². The molecule has 7 heteroatoms. The molecule has 1 heterocycles. The third-order valence-corrected chi connectivity index (χ3v) is 4.23. The number of hydrogen-bond donors (Lipinski definition) is 3. The largest absolute Gasteiger partial charge is 0.479 e. The summed E-state index contributed by atoms with van der Waals surface area (Å²) in [6, 6.07) is -0.175. The fourth-order valence-electron chi connectivity index (χ4n) is 1.70. The Labute approximate surface area is 111 Å². The predicted octanol–water partition coefficient (Wildman–Crippen LogP) is 0.359. The van der Waals surface area contributed by atoms with E-state index in [0.717, 1.165) is 18.7 Å². The van der Waals surface area contributed by atoms with Gasteiger partial charge in [-0.3, -0.25) is 0 Å². The number of aliphatic hydroxyl groups is 1. The molecule has 0 aromatic carbocycles. The Morgan fingerprint density at radius 1 is 1.56 bits per heavy atom. The normalized spacial score (nSPS) is 21.4. The number of nitrogens with one attached hydrogen (secondary N) is 1. The summed E-state index contributed by atoms with van der Waals surface area (Å²) in [5, 5.41) is 20.7. The number of carbonyl (C=O) groups excluding carboxylic acids is 1. The number of aliphatic hydroxyl groups excluding tert-OH is 1.